The summed E-state index contributed by atoms with van der Waals surface area (Å²) < 4.78 is 5.22. The molecule has 6 heteroatoms. The Labute approximate surface area is 149 Å². The minimum atomic E-state index is 0.651. The van der Waals surface area contributed by atoms with Gasteiger partial charge in [-0.3, -0.25) is 0 Å². The third-order valence-corrected chi connectivity index (χ3v) is 4.99. The van der Waals surface area contributed by atoms with E-state index in [9.17, 15) is 0 Å². The van der Waals surface area contributed by atoms with Crippen LogP contribution in [0.1, 0.15) is 37.5 Å². The monoisotopic (exact) mass is 385 g/mol. The Balaban J connectivity index is 1.88. The highest BCUT2D eigenvalue weighted by atomic mass is 79.9. The molecule has 1 aromatic carbocycles. The van der Waals surface area contributed by atoms with E-state index in [1.165, 1.54) is 0 Å². The molecule has 24 heavy (non-hydrogen) atoms. The topological polar surface area (TPSA) is 48.5 Å². The van der Waals surface area contributed by atoms with E-state index >= 15 is 0 Å². The van der Waals surface area contributed by atoms with Crippen molar-refractivity contribution in [3.8, 4) is 17.1 Å². The smallest absolute Gasteiger partial charge is 0.160 e. The molecule has 1 aliphatic heterocycles. The van der Waals surface area contributed by atoms with Crippen molar-refractivity contribution in [2.45, 2.75) is 40.2 Å². The van der Waals surface area contributed by atoms with Crippen LogP contribution in [-0.4, -0.2) is 24.3 Å². The minimum Gasteiger partial charge on any atom is -0.300 e. The summed E-state index contributed by atoms with van der Waals surface area (Å²) >= 11 is 3.59. The molecular formula is C18H20BrN5. The first-order valence-corrected chi connectivity index (χ1v) is 9.09. The Morgan fingerprint density at radius 1 is 1.29 bits per heavy atom. The van der Waals surface area contributed by atoms with Gasteiger partial charge in [0, 0.05) is 16.5 Å². The van der Waals surface area contributed by atoms with Crippen LogP contribution in [0.4, 0.5) is 0 Å². The summed E-state index contributed by atoms with van der Waals surface area (Å²) in [5.41, 5.74) is 4.40. The average molecular weight is 386 g/mol. The molecule has 0 fully saturated rings. The van der Waals surface area contributed by atoms with Crippen molar-refractivity contribution in [2.75, 3.05) is 0 Å². The van der Waals surface area contributed by atoms with Crippen LogP contribution in [0, 0.1) is 12.8 Å². The molecule has 0 unspecified atom stereocenters. The average Bonchev–Trinajstić information content (AvgIpc) is 3.07. The van der Waals surface area contributed by atoms with Gasteiger partial charge in [0.2, 0.25) is 0 Å². The van der Waals surface area contributed by atoms with E-state index in [4.69, 9.17) is 10.1 Å². The lowest BCUT2D eigenvalue weighted by Crippen LogP contribution is -2.06. The standard InChI is InChI=1S/C18H20BrN5/c1-11(2)4-7-17-21-18-14-8-13(19)5-6-15(14)23-10-20-12(3)16(23)9-24(18)22-17/h5-6,8,10-11H,4,7,9H2,1-3H3. The van der Waals surface area contributed by atoms with E-state index < -0.39 is 0 Å². The Kier molecular flexibility index (Phi) is 3.79. The molecule has 124 valence electrons. The molecule has 0 radical (unpaired) electrons. The summed E-state index contributed by atoms with van der Waals surface area (Å²) in [6.07, 6.45) is 3.91. The molecule has 0 N–H and O–H groups in total. The van der Waals surface area contributed by atoms with Gasteiger partial charge in [-0.25, -0.2) is 14.6 Å². The normalized spacial score (nSPS) is 12.7. The van der Waals surface area contributed by atoms with Gasteiger partial charge in [0.15, 0.2) is 11.6 Å². The van der Waals surface area contributed by atoms with Crippen LogP contribution in [0.2, 0.25) is 0 Å². The number of benzene rings is 1. The molecule has 0 spiro atoms. The van der Waals surface area contributed by atoms with Crippen LogP contribution in [0.3, 0.4) is 0 Å². The number of fused-ring (bicyclic) bond motifs is 5. The molecule has 0 aliphatic carbocycles. The Morgan fingerprint density at radius 3 is 2.92 bits per heavy atom. The Bertz CT molecular complexity index is 906. The first kappa shape index (κ1) is 15.6. The van der Waals surface area contributed by atoms with Gasteiger partial charge in [0.25, 0.3) is 0 Å². The fraction of sp³-hybridized carbons (Fsp3) is 0.389. The van der Waals surface area contributed by atoms with Crippen molar-refractivity contribution >= 4 is 15.9 Å². The highest BCUT2D eigenvalue weighted by molar-refractivity contribution is 9.10. The number of imidazole rings is 1. The zero-order chi connectivity index (χ0) is 16.8. The fourth-order valence-electron chi connectivity index (χ4n) is 3.12. The number of hydrogen-bond acceptors (Lipinski definition) is 3. The van der Waals surface area contributed by atoms with E-state index in [0.29, 0.717) is 12.5 Å². The maximum Gasteiger partial charge on any atom is 0.160 e. The second-order valence-electron chi connectivity index (χ2n) is 6.75. The van der Waals surface area contributed by atoms with Gasteiger partial charge < -0.3 is 4.57 Å². The molecule has 0 amide bonds. The summed E-state index contributed by atoms with van der Waals surface area (Å²) in [4.78, 5) is 9.34. The molecule has 2 aromatic heterocycles. The van der Waals surface area contributed by atoms with Gasteiger partial charge in [0.05, 0.1) is 29.9 Å². The number of hydrogen-bond donors (Lipinski definition) is 0. The van der Waals surface area contributed by atoms with Gasteiger partial charge in [0.1, 0.15) is 0 Å². The minimum absolute atomic E-state index is 0.651. The van der Waals surface area contributed by atoms with Crippen molar-refractivity contribution in [1.82, 2.24) is 24.3 Å². The fourth-order valence-corrected chi connectivity index (χ4v) is 3.48. The van der Waals surface area contributed by atoms with E-state index in [-0.39, 0.29) is 0 Å². The first-order valence-electron chi connectivity index (χ1n) is 8.29. The maximum absolute atomic E-state index is 4.85. The summed E-state index contributed by atoms with van der Waals surface area (Å²) in [7, 11) is 0. The maximum atomic E-state index is 4.85. The summed E-state index contributed by atoms with van der Waals surface area (Å²) in [6.45, 7) is 7.21. The Morgan fingerprint density at radius 2 is 2.12 bits per heavy atom. The van der Waals surface area contributed by atoms with Gasteiger partial charge in [-0.1, -0.05) is 29.8 Å². The quantitative estimate of drug-likeness (QED) is 0.532. The van der Waals surface area contributed by atoms with E-state index in [1.54, 1.807) is 0 Å². The highest BCUT2D eigenvalue weighted by Gasteiger charge is 2.24. The number of nitrogens with zero attached hydrogens (tertiary/aromatic N) is 5. The SMILES string of the molecule is Cc1ncn2c1Cn1nc(CCC(C)C)nc1-c1cc(Br)ccc1-2. The summed E-state index contributed by atoms with van der Waals surface area (Å²) in [6, 6.07) is 6.29. The lowest BCUT2D eigenvalue weighted by Gasteiger charge is -2.08. The van der Waals surface area contributed by atoms with Gasteiger partial charge >= 0.3 is 0 Å². The Hall–Kier alpha value is -1.95. The van der Waals surface area contributed by atoms with Crippen molar-refractivity contribution in [3.63, 3.8) is 0 Å². The zero-order valence-corrected chi connectivity index (χ0v) is 15.7. The highest BCUT2D eigenvalue weighted by Crippen LogP contribution is 2.33. The summed E-state index contributed by atoms with van der Waals surface area (Å²) in [5, 5.41) is 4.78. The number of rotatable bonds is 3. The number of aryl methyl sites for hydroxylation is 2. The predicted molar refractivity (Wildman–Crippen MR) is 97.3 cm³/mol. The molecule has 3 aromatic rings. The van der Waals surface area contributed by atoms with Gasteiger partial charge in [-0.05, 0) is 37.5 Å². The van der Waals surface area contributed by atoms with Gasteiger partial charge in [-0.2, -0.15) is 5.10 Å². The van der Waals surface area contributed by atoms with Crippen LogP contribution in [0.25, 0.3) is 17.1 Å². The largest absolute Gasteiger partial charge is 0.300 e. The molecule has 1 aliphatic rings. The third kappa shape index (κ3) is 2.59. The second-order valence-corrected chi connectivity index (χ2v) is 7.67. The molecule has 0 bridgehead atoms. The zero-order valence-electron chi connectivity index (χ0n) is 14.1. The predicted octanol–water partition coefficient (Wildman–Crippen LogP) is 4.15. The third-order valence-electron chi connectivity index (χ3n) is 4.49. The van der Waals surface area contributed by atoms with Crippen LogP contribution in [0.15, 0.2) is 29.0 Å². The first-order chi connectivity index (χ1) is 11.5. The van der Waals surface area contributed by atoms with Crippen molar-refractivity contribution in [2.24, 2.45) is 5.92 Å². The van der Waals surface area contributed by atoms with E-state index in [0.717, 1.165) is 51.6 Å². The van der Waals surface area contributed by atoms with E-state index in [1.807, 2.05) is 17.9 Å². The lowest BCUT2D eigenvalue weighted by molar-refractivity contribution is 0.568. The van der Waals surface area contributed by atoms with Crippen molar-refractivity contribution < 1.29 is 0 Å². The molecule has 0 atom stereocenters. The second kappa shape index (κ2) is 5.84. The molecule has 0 saturated carbocycles. The van der Waals surface area contributed by atoms with Crippen LogP contribution >= 0.6 is 15.9 Å². The van der Waals surface area contributed by atoms with Crippen molar-refractivity contribution in [1.29, 1.82) is 0 Å². The van der Waals surface area contributed by atoms with E-state index in [2.05, 4.69) is 57.5 Å². The van der Waals surface area contributed by atoms with Crippen LogP contribution in [0.5, 0.6) is 0 Å². The van der Waals surface area contributed by atoms with Gasteiger partial charge in [-0.15, -0.1) is 0 Å². The lowest BCUT2D eigenvalue weighted by atomic mass is 10.1. The van der Waals surface area contributed by atoms with Crippen molar-refractivity contribution in [3.05, 3.63) is 46.2 Å². The number of halogens is 1. The molecule has 0 saturated heterocycles. The molecule has 5 nitrogen and oxygen atoms in total. The summed E-state index contributed by atoms with van der Waals surface area (Å²) in [5.74, 6) is 2.52. The van der Waals surface area contributed by atoms with Crippen LogP contribution < -0.4 is 0 Å². The number of aromatic nitrogens is 5. The van der Waals surface area contributed by atoms with Crippen LogP contribution in [-0.2, 0) is 13.0 Å². The molecular weight excluding hydrogens is 366 g/mol. The molecule has 3 heterocycles. The molecule has 4 rings (SSSR count).